The predicted octanol–water partition coefficient (Wildman–Crippen LogP) is 4.29. The van der Waals surface area contributed by atoms with Gasteiger partial charge in [0, 0.05) is 12.5 Å². The topological polar surface area (TPSA) is 12.0 Å². The van der Waals surface area contributed by atoms with Crippen molar-refractivity contribution in [2.45, 2.75) is 25.7 Å². The quantitative estimate of drug-likeness (QED) is 0.750. The molecule has 0 aliphatic heterocycles. The Kier molecular flexibility index (Phi) is 5.88. The van der Waals surface area contributed by atoms with E-state index < -0.39 is 0 Å². The molecule has 0 heterocycles. The van der Waals surface area contributed by atoms with Crippen LogP contribution in [0.1, 0.15) is 30.4 Å². The number of rotatable bonds is 7. The third-order valence-electron chi connectivity index (χ3n) is 3.58. The van der Waals surface area contributed by atoms with Gasteiger partial charge in [-0.1, -0.05) is 37.3 Å². The van der Waals surface area contributed by atoms with Gasteiger partial charge in [0.1, 0.15) is 11.6 Å². The van der Waals surface area contributed by atoms with Gasteiger partial charge in [0.15, 0.2) is 0 Å². The van der Waals surface area contributed by atoms with Crippen molar-refractivity contribution in [3.05, 3.63) is 71.3 Å². The van der Waals surface area contributed by atoms with Crippen LogP contribution in [-0.4, -0.2) is 13.1 Å². The van der Waals surface area contributed by atoms with E-state index in [-0.39, 0.29) is 17.6 Å². The second-order valence-electron chi connectivity index (χ2n) is 5.25. The fourth-order valence-electron chi connectivity index (χ4n) is 2.43. The molecule has 1 N–H and O–H groups in total. The number of hydrogen-bond donors (Lipinski definition) is 1. The molecule has 21 heavy (non-hydrogen) atoms. The van der Waals surface area contributed by atoms with Gasteiger partial charge >= 0.3 is 0 Å². The highest BCUT2D eigenvalue weighted by molar-refractivity contribution is 5.26. The SMILES string of the molecule is CCCNCC(Cc1ccccc1F)c1ccc(F)cc1. The van der Waals surface area contributed by atoms with Crippen molar-refractivity contribution < 1.29 is 8.78 Å². The lowest BCUT2D eigenvalue weighted by Crippen LogP contribution is -2.24. The van der Waals surface area contributed by atoms with Crippen molar-refractivity contribution >= 4 is 0 Å². The van der Waals surface area contributed by atoms with Gasteiger partial charge in [0.05, 0.1) is 0 Å². The maximum Gasteiger partial charge on any atom is 0.126 e. The molecule has 112 valence electrons. The van der Waals surface area contributed by atoms with Gasteiger partial charge in [0.2, 0.25) is 0 Å². The van der Waals surface area contributed by atoms with Crippen molar-refractivity contribution in [3.63, 3.8) is 0 Å². The summed E-state index contributed by atoms with van der Waals surface area (Å²) in [5.74, 6) is -0.293. The summed E-state index contributed by atoms with van der Waals surface area (Å²) in [5.41, 5.74) is 1.73. The molecule has 0 aliphatic carbocycles. The van der Waals surface area contributed by atoms with Gasteiger partial charge in [-0.3, -0.25) is 0 Å². The van der Waals surface area contributed by atoms with E-state index in [4.69, 9.17) is 0 Å². The second kappa shape index (κ2) is 7.89. The van der Waals surface area contributed by atoms with Crippen LogP contribution < -0.4 is 5.32 Å². The first-order chi connectivity index (χ1) is 10.2. The van der Waals surface area contributed by atoms with Crippen molar-refractivity contribution in [2.75, 3.05) is 13.1 Å². The van der Waals surface area contributed by atoms with Gasteiger partial charge in [-0.2, -0.15) is 0 Å². The lowest BCUT2D eigenvalue weighted by molar-refractivity contribution is 0.551. The Bertz CT molecular complexity index is 551. The molecule has 0 bridgehead atoms. The summed E-state index contributed by atoms with van der Waals surface area (Å²) >= 11 is 0. The van der Waals surface area contributed by atoms with Crippen LogP contribution in [0.3, 0.4) is 0 Å². The van der Waals surface area contributed by atoms with Gasteiger partial charge in [-0.05, 0) is 48.7 Å². The van der Waals surface area contributed by atoms with E-state index in [1.807, 2.05) is 12.1 Å². The summed E-state index contributed by atoms with van der Waals surface area (Å²) in [7, 11) is 0. The molecule has 0 spiro atoms. The molecule has 2 aromatic rings. The molecule has 0 aromatic heterocycles. The molecule has 0 saturated heterocycles. The minimum absolute atomic E-state index is 0.133. The lowest BCUT2D eigenvalue weighted by Gasteiger charge is -2.18. The second-order valence-corrected chi connectivity index (χ2v) is 5.25. The molecule has 2 aromatic carbocycles. The standard InChI is InChI=1S/C18H21F2N/c1-2-11-21-13-16(14-7-9-17(19)10-8-14)12-15-5-3-4-6-18(15)20/h3-10,16,21H,2,11-13H2,1H3. The van der Waals surface area contributed by atoms with Crippen LogP contribution in [-0.2, 0) is 6.42 Å². The summed E-state index contributed by atoms with van der Waals surface area (Å²) in [6, 6.07) is 13.3. The van der Waals surface area contributed by atoms with Gasteiger partial charge in [-0.15, -0.1) is 0 Å². The van der Waals surface area contributed by atoms with Crippen LogP contribution in [0.2, 0.25) is 0 Å². The third-order valence-corrected chi connectivity index (χ3v) is 3.58. The van der Waals surface area contributed by atoms with Crippen LogP contribution in [0.4, 0.5) is 8.78 Å². The Hall–Kier alpha value is -1.74. The Morgan fingerprint density at radius 2 is 1.71 bits per heavy atom. The zero-order chi connectivity index (χ0) is 15.1. The van der Waals surface area contributed by atoms with E-state index in [1.54, 1.807) is 18.2 Å². The van der Waals surface area contributed by atoms with Crippen molar-refractivity contribution in [1.82, 2.24) is 5.32 Å². The molecule has 3 heteroatoms. The van der Waals surface area contributed by atoms with E-state index in [1.165, 1.54) is 18.2 Å². The number of hydrogen-bond acceptors (Lipinski definition) is 1. The molecule has 2 rings (SSSR count). The zero-order valence-corrected chi connectivity index (χ0v) is 12.3. The summed E-state index contributed by atoms with van der Waals surface area (Å²) in [6.45, 7) is 3.79. The minimum atomic E-state index is -0.245. The monoisotopic (exact) mass is 289 g/mol. The van der Waals surface area contributed by atoms with Gasteiger partial charge < -0.3 is 5.32 Å². The Labute approximate surface area is 125 Å². The fraction of sp³-hybridized carbons (Fsp3) is 0.333. The van der Waals surface area contributed by atoms with E-state index in [2.05, 4.69) is 12.2 Å². The Morgan fingerprint density at radius 1 is 1.00 bits per heavy atom. The first-order valence-electron chi connectivity index (χ1n) is 7.40. The van der Waals surface area contributed by atoms with Crippen molar-refractivity contribution in [3.8, 4) is 0 Å². The van der Waals surface area contributed by atoms with Crippen LogP contribution in [0.5, 0.6) is 0 Å². The number of nitrogens with one attached hydrogen (secondary N) is 1. The minimum Gasteiger partial charge on any atom is -0.316 e. The molecular formula is C18H21F2N. The van der Waals surface area contributed by atoms with Crippen LogP contribution in [0.15, 0.2) is 48.5 Å². The molecule has 1 nitrogen and oxygen atoms in total. The number of benzene rings is 2. The molecule has 0 amide bonds. The third kappa shape index (κ3) is 4.64. The summed E-state index contributed by atoms with van der Waals surface area (Å²) in [4.78, 5) is 0. The zero-order valence-electron chi connectivity index (χ0n) is 12.3. The normalized spacial score (nSPS) is 12.3. The first-order valence-corrected chi connectivity index (χ1v) is 7.40. The smallest absolute Gasteiger partial charge is 0.126 e. The molecular weight excluding hydrogens is 268 g/mol. The Balaban J connectivity index is 2.15. The highest BCUT2D eigenvalue weighted by Gasteiger charge is 2.14. The molecule has 1 unspecified atom stereocenters. The Morgan fingerprint density at radius 3 is 2.38 bits per heavy atom. The maximum atomic E-state index is 13.8. The highest BCUT2D eigenvalue weighted by Crippen LogP contribution is 2.22. The first kappa shape index (κ1) is 15.6. The molecule has 0 aliphatic rings. The van der Waals surface area contributed by atoms with E-state index in [0.29, 0.717) is 12.0 Å². The van der Waals surface area contributed by atoms with E-state index in [0.717, 1.165) is 25.1 Å². The predicted molar refractivity (Wildman–Crippen MR) is 82.4 cm³/mol. The fourth-order valence-corrected chi connectivity index (χ4v) is 2.43. The largest absolute Gasteiger partial charge is 0.316 e. The average Bonchev–Trinajstić information content (AvgIpc) is 2.49. The maximum absolute atomic E-state index is 13.8. The van der Waals surface area contributed by atoms with Crippen LogP contribution in [0, 0.1) is 11.6 Å². The summed E-state index contributed by atoms with van der Waals surface area (Å²) in [6.07, 6.45) is 1.66. The molecule has 1 atom stereocenters. The average molecular weight is 289 g/mol. The number of halogens is 2. The van der Waals surface area contributed by atoms with Crippen molar-refractivity contribution in [2.24, 2.45) is 0 Å². The highest BCUT2D eigenvalue weighted by atomic mass is 19.1. The van der Waals surface area contributed by atoms with Crippen molar-refractivity contribution in [1.29, 1.82) is 0 Å². The van der Waals surface area contributed by atoms with Gasteiger partial charge in [0.25, 0.3) is 0 Å². The van der Waals surface area contributed by atoms with Gasteiger partial charge in [-0.25, -0.2) is 8.78 Å². The summed E-state index contributed by atoms with van der Waals surface area (Å²) in [5, 5.41) is 3.37. The molecule has 0 saturated carbocycles. The molecule has 0 radical (unpaired) electrons. The van der Waals surface area contributed by atoms with Crippen LogP contribution >= 0.6 is 0 Å². The van der Waals surface area contributed by atoms with E-state index >= 15 is 0 Å². The van der Waals surface area contributed by atoms with E-state index in [9.17, 15) is 8.78 Å². The van der Waals surface area contributed by atoms with Crippen LogP contribution in [0.25, 0.3) is 0 Å². The lowest BCUT2D eigenvalue weighted by atomic mass is 9.91. The molecule has 0 fully saturated rings. The summed E-state index contributed by atoms with van der Waals surface area (Å²) < 4.78 is 26.9.